The van der Waals surface area contributed by atoms with Gasteiger partial charge in [-0.05, 0) is 37.5 Å². The Hall–Kier alpha value is -1.07. The van der Waals surface area contributed by atoms with Gasteiger partial charge in [-0.2, -0.15) is 0 Å². The average molecular weight is 341 g/mol. The Morgan fingerprint density at radius 1 is 1.35 bits per heavy atom. The number of rotatable bonds is 4. The molecule has 0 bridgehead atoms. The number of urea groups is 1. The Bertz CT molecular complexity index is 428. The van der Waals surface area contributed by atoms with Crippen molar-refractivity contribution in [3.05, 3.63) is 34.3 Å². The first-order valence-electron chi connectivity index (χ1n) is 7.08. The quantitative estimate of drug-likeness (QED) is 0.914. The molecule has 2 amide bonds. The summed E-state index contributed by atoms with van der Waals surface area (Å²) < 4.78 is 6.64. The molecule has 1 aliphatic rings. The van der Waals surface area contributed by atoms with Crippen molar-refractivity contribution in [1.29, 1.82) is 0 Å². The maximum Gasteiger partial charge on any atom is 0.317 e. The van der Waals surface area contributed by atoms with E-state index in [1.807, 2.05) is 36.1 Å². The molecule has 1 saturated heterocycles. The molecule has 1 fully saturated rings. The number of hydrogen-bond donors (Lipinski definition) is 1. The van der Waals surface area contributed by atoms with Gasteiger partial charge < -0.3 is 15.0 Å². The van der Waals surface area contributed by atoms with E-state index in [9.17, 15) is 4.79 Å². The van der Waals surface area contributed by atoms with Crippen LogP contribution in [-0.4, -0.2) is 36.7 Å². The minimum atomic E-state index is 0.0165. The van der Waals surface area contributed by atoms with E-state index in [4.69, 9.17) is 4.74 Å². The molecule has 4 nitrogen and oxygen atoms in total. The number of halogens is 1. The highest BCUT2D eigenvalue weighted by molar-refractivity contribution is 9.10. The summed E-state index contributed by atoms with van der Waals surface area (Å²) in [5.41, 5.74) is 1.10. The van der Waals surface area contributed by atoms with Gasteiger partial charge in [0.2, 0.25) is 0 Å². The van der Waals surface area contributed by atoms with Gasteiger partial charge >= 0.3 is 6.03 Å². The molecule has 1 heterocycles. The fourth-order valence-corrected chi connectivity index (χ4v) is 2.62. The van der Waals surface area contributed by atoms with Crippen LogP contribution in [0.1, 0.15) is 25.3 Å². The van der Waals surface area contributed by atoms with E-state index in [0.717, 1.165) is 42.6 Å². The number of carbonyl (C=O) groups excluding carboxylic acids is 1. The van der Waals surface area contributed by atoms with Crippen LogP contribution in [0.3, 0.4) is 0 Å². The Morgan fingerprint density at radius 3 is 2.60 bits per heavy atom. The summed E-state index contributed by atoms with van der Waals surface area (Å²) in [6.45, 7) is 4.88. The van der Waals surface area contributed by atoms with Crippen LogP contribution in [0.2, 0.25) is 0 Å². The zero-order valence-electron chi connectivity index (χ0n) is 11.8. The van der Waals surface area contributed by atoms with E-state index in [2.05, 4.69) is 21.2 Å². The van der Waals surface area contributed by atoms with Crippen molar-refractivity contribution in [3.63, 3.8) is 0 Å². The second-order valence-corrected chi connectivity index (χ2v) is 5.84. The molecule has 0 spiro atoms. The highest BCUT2D eigenvalue weighted by Crippen LogP contribution is 2.14. The Morgan fingerprint density at radius 2 is 2.00 bits per heavy atom. The predicted octanol–water partition coefficient (Wildman–Crippen LogP) is 3.16. The molecule has 1 aromatic carbocycles. The standard InChI is InChI=1S/C15H21BrN2O2/c1-2-20-14-7-9-18(10-8-14)15(19)17-11-12-3-5-13(16)6-4-12/h3-6,14H,2,7-11H2,1H3,(H,17,19). The summed E-state index contributed by atoms with van der Waals surface area (Å²) >= 11 is 3.40. The number of likely N-dealkylation sites (tertiary alicyclic amines) is 1. The molecule has 0 unspecified atom stereocenters. The van der Waals surface area contributed by atoms with E-state index in [1.165, 1.54) is 0 Å². The van der Waals surface area contributed by atoms with E-state index in [1.54, 1.807) is 0 Å². The minimum absolute atomic E-state index is 0.0165. The molecule has 0 saturated carbocycles. The number of amides is 2. The number of ether oxygens (including phenoxy) is 1. The Labute approximate surface area is 128 Å². The summed E-state index contributed by atoms with van der Waals surface area (Å²) in [4.78, 5) is 13.9. The summed E-state index contributed by atoms with van der Waals surface area (Å²) in [6.07, 6.45) is 2.18. The fraction of sp³-hybridized carbons (Fsp3) is 0.533. The third kappa shape index (κ3) is 4.49. The van der Waals surface area contributed by atoms with E-state index < -0.39 is 0 Å². The first-order valence-corrected chi connectivity index (χ1v) is 7.87. The van der Waals surface area contributed by atoms with Crippen molar-refractivity contribution in [1.82, 2.24) is 10.2 Å². The van der Waals surface area contributed by atoms with E-state index >= 15 is 0 Å². The van der Waals surface area contributed by atoms with Gasteiger partial charge in [0.15, 0.2) is 0 Å². The molecule has 0 atom stereocenters. The van der Waals surface area contributed by atoms with Gasteiger partial charge in [-0.15, -0.1) is 0 Å². The molecule has 5 heteroatoms. The van der Waals surface area contributed by atoms with Gasteiger partial charge in [0, 0.05) is 30.7 Å². The first kappa shape index (κ1) is 15.3. The monoisotopic (exact) mass is 340 g/mol. The summed E-state index contributed by atoms with van der Waals surface area (Å²) in [5.74, 6) is 0. The second kappa shape index (κ2) is 7.64. The van der Waals surface area contributed by atoms with Crippen molar-refractivity contribution >= 4 is 22.0 Å². The molecule has 20 heavy (non-hydrogen) atoms. The Balaban J connectivity index is 1.74. The third-order valence-electron chi connectivity index (χ3n) is 3.49. The molecule has 110 valence electrons. The lowest BCUT2D eigenvalue weighted by molar-refractivity contribution is 0.0220. The van der Waals surface area contributed by atoms with Gasteiger partial charge in [0.1, 0.15) is 0 Å². The van der Waals surface area contributed by atoms with Crippen molar-refractivity contribution in [3.8, 4) is 0 Å². The summed E-state index contributed by atoms with van der Waals surface area (Å²) in [6, 6.07) is 7.99. The van der Waals surface area contributed by atoms with Crippen molar-refractivity contribution in [2.45, 2.75) is 32.4 Å². The van der Waals surface area contributed by atoms with Crippen LogP contribution < -0.4 is 5.32 Å². The fourth-order valence-electron chi connectivity index (χ4n) is 2.35. The Kier molecular flexibility index (Phi) is 5.86. The predicted molar refractivity (Wildman–Crippen MR) is 82.6 cm³/mol. The largest absolute Gasteiger partial charge is 0.378 e. The van der Waals surface area contributed by atoms with E-state index in [0.29, 0.717) is 12.6 Å². The number of hydrogen-bond acceptors (Lipinski definition) is 2. The maximum atomic E-state index is 12.1. The number of nitrogens with zero attached hydrogens (tertiary/aromatic N) is 1. The van der Waals surface area contributed by atoms with E-state index in [-0.39, 0.29) is 6.03 Å². The SMILES string of the molecule is CCOC1CCN(C(=O)NCc2ccc(Br)cc2)CC1. The van der Waals surface area contributed by atoms with Crippen LogP contribution in [0.15, 0.2) is 28.7 Å². The molecule has 1 aromatic rings. The topological polar surface area (TPSA) is 41.6 Å². The van der Waals surface area contributed by atoms with Crippen LogP contribution in [-0.2, 0) is 11.3 Å². The van der Waals surface area contributed by atoms with Crippen LogP contribution in [0.25, 0.3) is 0 Å². The average Bonchev–Trinajstić information content (AvgIpc) is 2.47. The molecule has 0 aliphatic carbocycles. The zero-order chi connectivity index (χ0) is 14.4. The van der Waals surface area contributed by atoms with Crippen molar-refractivity contribution in [2.24, 2.45) is 0 Å². The van der Waals surface area contributed by atoms with Gasteiger partial charge in [-0.3, -0.25) is 0 Å². The molecule has 0 radical (unpaired) electrons. The van der Waals surface area contributed by atoms with Crippen molar-refractivity contribution in [2.75, 3.05) is 19.7 Å². The lowest BCUT2D eigenvalue weighted by atomic mass is 10.1. The third-order valence-corrected chi connectivity index (χ3v) is 4.02. The smallest absolute Gasteiger partial charge is 0.317 e. The lowest BCUT2D eigenvalue weighted by Crippen LogP contribution is -2.45. The molecular weight excluding hydrogens is 320 g/mol. The lowest BCUT2D eigenvalue weighted by Gasteiger charge is -2.31. The van der Waals surface area contributed by atoms with Gasteiger partial charge in [-0.1, -0.05) is 28.1 Å². The highest BCUT2D eigenvalue weighted by atomic mass is 79.9. The normalized spacial score (nSPS) is 16.2. The highest BCUT2D eigenvalue weighted by Gasteiger charge is 2.22. The summed E-state index contributed by atoms with van der Waals surface area (Å²) in [5, 5.41) is 2.97. The van der Waals surface area contributed by atoms with Crippen LogP contribution >= 0.6 is 15.9 Å². The maximum absolute atomic E-state index is 12.1. The van der Waals surface area contributed by atoms with Gasteiger partial charge in [0.05, 0.1) is 6.10 Å². The molecule has 0 aromatic heterocycles. The molecule has 2 rings (SSSR count). The molecule has 1 aliphatic heterocycles. The first-order chi connectivity index (χ1) is 9.69. The van der Waals surface area contributed by atoms with Gasteiger partial charge in [0.25, 0.3) is 0 Å². The van der Waals surface area contributed by atoms with Crippen LogP contribution in [0.4, 0.5) is 4.79 Å². The van der Waals surface area contributed by atoms with Crippen LogP contribution in [0, 0.1) is 0 Å². The molecule has 1 N–H and O–H groups in total. The number of benzene rings is 1. The molecular formula is C15H21BrN2O2. The number of piperidine rings is 1. The second-order valence-electron chi connectivity index (χ2n) is 4.93. The van der Waals surface area contributed by atoms with Crippen LogP contribution in [0.5, 0.6) is 0 Å². The number of carbonyl (C=O) groups is 1. The minimum Gasteiger partial charge on any atom is -0.378 e. The number of nitrogens with one attached hydrogen (secondary N) is 1. The van der Waals surface area contributed by atoms with Gasteiger partial charge in [-0.25, -0.2) is 4.79 Å². The zero-order valence-corrected chi connectivity index (χ0v) is 13.4. The van der Waals surface area contributed by atoms with Crippen molar-refractivity contribution < 1.29 is 9.53 Å². The summed E-state index contributed by atoms with van der Waals surface area (Å²) in [7, 11) is 0.